The zero-order valence-corrected chi connectivity index (χ0v) is 17.8. The standard InChI is InChI=1S/C22H21ClN4O4/c1-13-12-26(7-8-27(13)22(29)30)21(28)15-3-4-16-17(23)11-18(25-19(16)9-15)14-5-6-24-20(10-14)31-2/h3-6,9-11,13H,7-8,12H2,1-2H3,(H,29,30)/t13-/m1/s1. The van der Waals surface area contributed by atoms with Crippen LogP contribution in [0, 0.1) is 0 Å². The highest BCUT2D eigenvalue weighted by Gasteiger charge is 2.30. The van der Waals surface area contributed by atoms with E-state index in [1.165, 1.54) is 4.90 Å². The summed E-state index contributed by atoms with van der Waals surface area (Å²) in [5.41, 5.74) is 2.52. The number of aromatic nitrogens is 2. The first kappa shape index (κ1) is 20.9. The number of piperazine rings is 1. The lowest BCUT2D eigenvalue weighted by atomic mass is 10.1. The average molecular weight is 441 g/mol. The van der Waals surface area contributed by atoms with Gasteiger partial charge in [-0.25, -0.2) is 14.8 Å². The van der Waals surface area contributed by atoms with E-state index < -0.39 is 6.09 Å². The minimum Gasteiger partial charge on any atom is -0.481 e. The maximum Gasteiger partial charge on any atom is 0.407 e. The second-order valence-electron chi connectivity index (χ2n) is 7.38. The molecule has 0 spiro atoms. The van der Waals surface area contributed by atoms with Crippen LogP contribution in [0.1, 0.15) is 17.3 Å². The van der Waals surface area contributed by atoms with E-state index in [0.717, 1.165) is 10.9 Å². The molecule has 3 aromatic rings. The minimum atomic E-state index is -0.968. The first-order valence-corrected chi connectivity index (χ1v) is 10.1. The van der Waals surface area contributed by atoms with Gasteiger partial charge in [-0.15, -0.1) is 0 Å². The molecule has 2 aromatic heterocycles. The van der Waals surface area contributed by atoms with Gasteiger partial charge < -0.3 is 19.6 Å². The Morgan fingerprint density at radius 2 is 2.00 bits per heavy atom. The molecule has 4 rings (SSSR count). The van der Waals surface area contributed by atoms with Gasteiger partial charge in [0.2, 0.25) is 5.88 Å². The predicted octanol–water partition coefficient (Wildman–Crippen LogP) is 3.78. The van der Waals surface area contributed by atoms with Crippen LogP contribution in [0.15, 0.2) is 42.6 Å². The number of carboxylic acid groups (broad SMARTS) is 1. The number of methoxy groups -OCH3 is 1. The van der Waals surface area contributed by atoms with Crippen molar-refractivity contribution in [1.82, 2.24) is 19.8 Å². The zero-order chi connectivity index (χ0) is 22.1. The Labute approximate surface area is 184 Å². The molecule has 1 aliphatic rings. The molecule has 0 bridgehead atoms. The van der Waals surface area contributed by atoms with Crippen LogP contribution >= 0.6 is 11.6 Å². The molecule has 1 atom stereocenters. The Kier molecular flexibility index (Phi) is 5.65. The number of pyridine rings is 2. The lowest BCUT2D eigenvalue weighted by Gasteiger charge is -2.38. The maximum atomic E-state index is 13.1. The van der Waals surface area contributed by atoms with Crippen molar-refractivity contribution in [2.45, 2.75) is 13.0 Å². The normalized spacial score (nSPS) is 16.4. The van der Waals surface area contributed by atoms with Crippen molar-refractivity contribution in [1.29, 1.82) is 0 Å². The Balaban J connectivity index is 1.65. The number of amides is 2. The van der Waals surface area contributed by atoms with E-state index in [2.05, 4.69) is 4.98 Å². The predicted molar refractivity (Wildman–Crippen MR) is 117 cm³/mol. The Morgan fingerprint density at radius 3 is 2.71 bits per heavy atom. The molecule has 1 aliphatic heterocycles. The third-order valence-corrected chi connectivity index (χ3v) is 5.72. The van der Waals surface area contributed by atoms with Gasteiger partial charge in [0.1, 0.15) is 0 Å². The Bertz CT molecular complexity index is 1170. The number of fused-ring (bicyclic) bond motifs is 1. The smallest absolute Gasteiger partial charge is 0.407 e. The van der Waals surface area contributed by atoms with Gasteiger partial charge in [0.25, 0.3) is 5.91 Å². The van der Waals surface area contributed by atoms with E-state index in [9.17, 15) is 14.7 Å². The second-order valence-corrected chi connectivity index (χ2v) is 7.79. The lowest BCUT2D eigenvalue weighted by Crippen LogP contribution is -2.55. The third kappa shape index (κ3) is 4.11. The van der Waals surface area contributed by atoms with Crippen LogP contribution in [0.2, 0.25) is 5.02 Å². The van der Waals surface area contributed by atoms with Crippen LogP contribution in [-0.2, 0) is 0 Å². The van der Waals surface area contributed by atoms with Gasteiger partial charge in [-0.1, -0.05) is 17.7 Å². The molecule has 0 unspecified atom stereocenters. The first-order chi connectivity index (χ1) is 14.9. The van der Waals surface area contributed by atoms with Crippen molar-refractivity contribution in [3.63, 3.8) is 0 Å². The molecule has 31 heavy (non-hydrogen) atoms. The monoisotopic (exact) mass is 440 g/mol. The van der Waals surface area contributed by atoms with Gasteiger partial charge in [-0.2, -0.15) is 0 Å². The van der Waals surface area contributed by atoms with Gasteiger partial charge in [0.15, 0.2) is 0 Å². The molecule has 9 heteroatoms. The number of ether oxygens (including phenoxy) is 1. The number of halogens is 1. The molecule has 0 radical (unpaired) electrons. The Morgan fingerprint density at radius 1 is 1.19 bits per heavy atom. The highest BCUT2D eigenvalue weighted by atomic mass is 35.5. The molecule has 8 nitrogen and oxygen atoms in total. The molecule has 1 aromatic carbocycles. The molecule has 1 saturated heterocycles. The Hall–Kier alpha value is -3.39. The van der Waals surface area contributed by atoms with Crippen LogP contribution in [0.3, 0.4) is 0 Å². The van der Waals surface area contributed by atoms with Crippen LogP contribution < -0.4 is 4.74 Å². The molecule has 0 saturated carbocycles. The molecular weight excluding hydrogens is 420 g/mol. The number of benzene rings is 1. The number of hydrogen-bond donors (Lipinski definition) is 1. The number of hydrogen-bond acceptors (Lipinski definition) is 5. The van der Waals surface area contributed by atoms with Crippen LogP contribution in [0.4, 0.5) is 4.79 Å². The van der Waals surface area contributed by atoms with Gasteiger partial charge >= 0.3 is 6.09 Å². The fraction of sp³-hybridized carbons (Fsp3) is 0.273. The van der Waals surface area contributed by atoms with Gasteiger partial charge in [-0.05, 0) is 31.2 Å². The van der Waals surface area contributed by atoms with E-state index in [0.29, 0.717) is 40.8 Å². The average Bonchev–Trinajstić information content (AvgIpc) is 2.77. The highest BCUT2D eigenvalue weighted by Crippen LogP contribution is 2.30. The fourth-order valence-electron chi connectivity index (χ4n) is 3.76. The van der Waals surface area contributed by atoms with E-state index in [-0.39, 0.29) is 18.5 Å². The minimum absolute atomic E-state index is 0.160. The second kappa shape index (κ2) is 8.39. The molecule has 3 heterocycles. The largest absolute Gasteiger partial charge is 0.481 e. The SMILES string of the molecule is COc1cc(-c2cc(Cl)c3ccc(C(=O)N4CCN(C(=O)O)[C@H](C)C4)cc3n2)ccn1. The van der Waals surface area contributed by atoms with Gasteiger partial charge in [-0.3, -0.25) is 4.79 Å². The van der Waals surface area contributed by atoms with Crippen molar-refractivity contribution in [2.75, 3.05) is 26.7 Å². The van der Waals surface area contributed by atoms with Crippen molar-refractivity contribution < 1.29 is 19.4 Å². The molecular formula is C22H21ClN4O4. The van der Waals surface area contributed by atoms with E-state index in [1.54, 1.807) is 55.5 Å². The van der Waals surface area contributed by atoms with Crippen molar-refractivity contribution in [2.24, 2.45) is 0 Å². The van der Waals surface area contributed by atoms with Crippen LogP contribution in [0.5, 0.6) is 5.88 Å². The topological polar surface area (TPSA) is 95.9 Å². The number of carbonyl (C=O) groups excluding carboxylic acids is 1. The van der Waals surface area contributed by atoms with Crippen molar-refractivity contribution in [3.05, 3.63) is 53.2 Å². The summed E-state index contributed by atoms with van der Waals surface area (Å²) >= 11 is 6.49. The molecule has 160 valence electrons. The van der Waals surface area contributed by atoms with Crippen molar-refractivity contribution in [3.8, 4) is 17.1 Å². The van der Waals surface area contributed by atoms with Gasteiger partial charge in [0, 0.05) is 54.5 Å². The summed E-state index contributed by atoms with van der Waals surface area (Å²) in [5, 5.41) is 10.5. The molecule has 1 fully saturated rings. The zero-order valence-electron chi connectivity index (χ0n) is 17.1. The summed E-state index contributed by atoms with van der Waals surface area (Å²) in [7, 11) is 1.54. The molecule has 0 aliphatic carbocycles. The number of nitrogens with zero attached hydrogens (tertiary/aromatic N) is 4. The summed E-state index contributed by atoms with van der Waals surface area (Å²) < 4.78 is 5.18. The summed E-state index contributed by atoms with van der Waals surface area (Å²) in [6, 6.07) is 10.3. The summed E-state index contributed by atoms with van der Waals surface area (Å²) in [6.45, 7) is 2.77. The van der Waals surface area contributed by atoms with E-state index in [4.69, 9.17) is 21.3 Å². The van der Waals surface area contributed by atoms with Crippen LogP contribution in [-0.4, -0.2) is 69.7 Å². The van der Waals surface area contributed by atoms with Crippen molar-refractivity contribution >= 4 is 34.5 Å². The quantitative estimate of drug-likeness (QED) is 0.665. The highest BCUT2D eigenvalue weighted by molar-refractivity contribution is 6.35. The van der Waals surface area contributed by atoms with E-state index >= 15 is 0 Å². The van der Waals surface area contributed by atoms with Gasteiger partial charge in [0.05, 0.1) is 23.3 Å². The third-order valence-electron chi connectivity index (χ3n) is 5.41. The van der Waals surface area contributed by atoms with Crippen LogP contribution in [0.25, 0.3) is 22.2 Å². The molecule has 2 amide bonds. The number of carbonyl (C=O) groups is 2. The molecule has 1 N–H and O–H groups in total. The summed E-state index contributed by atoms with van der Waals surface area (Å²) in [4.78, 5) is 36.2. The number of rotatable bonds is 3. The summed E-state index contributed by atoms with van der Waals surface area (Å²) in [6.07, 6.45) is 0.663. The fourth-order valence-corrected chi connectivity index (χ4v) is 4.02. The summed E-state index contributed by atoms with van der Waals surface area (Å²) in [5.74, 6) is 0.307. The van der Waals surface area contributed by atoms with E-state index in [1.807, 2.05) is 6.07 Å². The first-order valence-electron chi connectivity index (χ1n) is 9.77. The maximum absolute atomic E-state index is 13.1. The lowest BCUT2D eigenvalue weighted by molar-refractivity contribution is 0.0507.